The molecular weight excluding hydrogens is 271 g/mol. The van der Waals surface area contributed by atoms with Crippen molar-refractivity contribution in [2.75, 3.05) is 0 Å². The topological polar surface area (TPSA) is 11.3 Å². The van der Waals surface area contributed by atoms with Gasteiger partial charge >= 0.3 is 11.5 Å². The molecule has 0 N–H and O–H groups in total. The molecule has 0 bridgehead atoms. The molecule has 0 spiro atoms. The molecule has 1 rings (SSSR count). The smallest absolute Gasteiger partial charge is 0.339 e. The summed E-state index contributed by atoms with van der Waals surface area (Å²) in [5.74, 6) is 1.83. The van der Waals surface area contributed by atoms with Crippen LogP contribution >= 0.6 is 12.6 Å². The fourth-order valence-electron chi connectivity index (χ4n) is 0.970. The van der Waals surface area contributed by atoms with Gasteiger partial charge in [0.1, 0.15) is 4.90 Å². The van der Waals surface area contributed by atoms with Gasteiger partial charge in [0.05, 0.1) is 13.8 Å². The fourth-order valence-corrected chi connectivity index (χ4v) is 1.08. The van der Waals surface area contributed by atoms with Crippen molar-refractivity contribution >= 4 is 12.6 Å². The molecule has 3 heteroatoms. The van der Waals surface area contributed by atoms with Gasteiger partial charge in [-0.05, 0) is 12.5 Å². The van der Waals surface area contributed by atoms with Crippen LogP contribution < -0.4 is 24.0 Å². The van der Waals surface area contributed by atoms with Crippen LogP contribution in [-0.4, -0.2) is 0 Å². The summed E-state index contributed by atoms with van der Waals surface area (Å²) in [6.45, 7) is 5.88. The number of aryl methyl sites for hydroxylation is 3. The van der Waals surface area contributed by atoms with Crippen molar-refractivity contribution < 1.29 is 28.4 Å². The van der Waals surface area contributed by atoms with E-state index in [0.29, 0.717) is 0 Å². The van der Waals surface area contributed by atoms with E-state index in [1.165, 1.54) is 5.56 Å². The molecule has 0 fully saturated rings. The van der Waals surface area contributed by atoms with Crippen LogP contribution in [0, 0.1) is 20.8 Å². The summed E-state index contributed by atoms with van der Waals surface area (Å²) in [7, 11) is 0. The van der Waals surface area contributed by atoms with Gasteiger partial charge in [-0.15, -0.1) is 12.6 Å². The Kier molecular flexibility index (Phi) is 4.39. The van der Waals surface area contributed by atoms with Gasteiger partial charge in [-0.2, -0.15) is 0 Å². The fraction of sp³-hybridized carbons (Fsp3) is 0.375. The van der Waals surface area contributed by atoms with Crippen LogP contribution in [0.5, 0.6) is 0 Å². The SMILES string of the molecule is Cc1cc(C)c(S)c(C)[o+]1.[I-]. The molecule has 0 amide bonds. The third kappa shape index (κ3) is 2.63. The maximum atomic E-state index is 5.31. The van der Waals surface area contributed by atoms with Gasteiger partial charge in [0.15, 0.2) is 0 Å². The first-order valence-corrected chi connectivity index (χ1v) is 3.66. The molecule has 0 unspecified atom stereocenters. The first-order valence-electron chi connectivity index (χ1n) is 3.21. The van der Waals surface area contributed by atoms with Crippen molar-refractivity contribution in [2.45, 2.75) is 25.7 Å². The zero-order chi connectivity index (χ0) is 7.72. The summed E-state index contributed by atoms with van der Waals surface area (Å²) >= 11 is 4.26. The molecule has 1 aromatic rings. The molecule has 0 saturated carbocycles. The molecule has 0 aliphatic heterocycles. The van der Waals surface area contributed by atoms with Crippen molar-refractivity contribution in [3.8, 4) is 0 Å². The highest BCUT2D eigenvalue weighted by Crippen LogP contribution is 2.19. The molecule has 62 valence electrons. The summed E-state index contributed by atoms with van der Waals surface area (Å²) in [4.78, 5) is 0.950. The lowest BCUT2D eigenvalue weighted by Gasteiger charge is -1.92. The van der Waals surface area contributed by atoms with E-state index in [1.807, 2.05) is 26.8 Å². The van der Waals surface area contributed by atoms with Crippen LogP contribution in [0.2, 0.25) is 0 Å². The molecule has 0 radical (unpaired) electrons. The van der Waals surface area contributed by atoms with Crippen LogP contribution in [0.3, 0.4) is 0 Å². The Morgan fingerprint density at radius 2 is 1.82 bits per heavy atom. The molecule has 1 aromatic heterocycles. The van der Waals surface area contributed by atoms with Gasteiger partial charge in [-0.1, -0.05) is 0 Å². The standard InChI is InChI=1S/C8H10OS.HI/c1-5-4-6(2)9-7(3)8(5)10;/h4H,1-3H3;1H. The Bertz CT molecular complexity index is 237. The first-order chi connectivity index (χ1) is 4.61. The first kappa shape index (κ1) is 11.2. The van der Waals surface area contributed by atoms with Gasteiger partial charge in [0.2, 0.25) is 0 Å². The Labute approximate surface area is 89.6 Å². The third-order valence-corrected chi connectivity index (χ3v) is 2.11. The largest absolute Gasteiger partial charge is 1.00 e. The van der Waals surface area contributed by atoms with Crippen LogP contribution in [0.25, 0.3) is 0 Å². The van der Waals surface area contributed by atoms with Crippen LogP contribution in [0.1, 0.15) is 17.1 Å². The van der Waals surface area contributed by atoms with Crippen LogP contribution in [-0.2, 0) is 0 Å². The monoisotopic (exact) mass is 282 g/mol. The maximum absolute atomic E-state index is 5.31. The summed E-state index contributed by atoms with van der Waals surface area (Å²) in [5, 5.41) is 0. The van der Waals surface area contributed by atoms with E-state index in [2.05, 4.69) is 12.6 Å². The van der Waals surface area contributed by atoms with E-state index in [0.717, 1.165) is 16.4 Å². The van der Waals surface area contributed by atoms with Crippen LogP contribution in [0.4, 0.5) is 0 Å². The van der Waals surface area contributed by atoms with Crippen LogP contribution in [0.15, 0.2) is 15.4 Å². The molecule has 0 aliphatic rings. The number of hydrogen-bond donors (Lipinski definition) is 1. The van der Waals surface area contributed by atoms with Gasteiger partial charge in [-0.25, -0.2) is 4.42 Å². The van der Waals surface area contributed by atoms with E-state index in [9.17, 15) is 0 Å². The second kappa shape index (κ2) is 4.30. The minimum Gasteiger partial charge on any atom is -1.00 e. The zero-order valence-corrected chi connectivity index (χ0v) is 9.86. The molecule has 0 aromatic carbocycles. The van der Waals surface area contributed by atoms with E-state index < -0.39 is 0 Å². The van der Waals surface area contributed by atoms with E-state index in [-0.39, 0.29) is 24.0 Å². The molecular formula is C8H11IOS. The van der Waals surface area contributed by atoms with Gasteiger partial charge in [0, 0.05) is 6.07 Å². The Hall–Kier alpha value is 0.230. The number of halogens is 1. The Morgan fingerprint density at radius 3 is 2.27 bits per heavy atom. The average molecular weight is 282 g/mol. The second-order valence-electron chi connectivity index (χ2n) is 2.44. The molecule has 11 heavy (non-hydrogen) atoms. The number of rotatable bonds is 0. The third-order valence-electron chi connectivity index (χ3n) is 1.44. The quantitative estimate of drug-likeness (QED) is 0.394. The Balaban J connectivity index is 0.000001000. The second-order valence-corrected chi connectivity index (χ2v) is 2.89. The zero-order valence-electron chi connectivity index (χ0n) is 6.81. The lowest BCUT2D eigenvalue weighted by atomic mass is 10.2. The van der Waals surface area contributed by atoms with Crippen molar-refractivity contribution in [1.82, 2.24) is 0 Å². The molecule has 0 saturated heterocycles. The molecule has 1 nitrogen and oxygen atoms in total. The summed E-state index contributed by atoms with van der Waals surface area (Å²) < 4.78 is 5.31. The number of hydrogen-bond acceptors (Lipinski definition) is 1. The van der Waals surface area contributed by atoms with E-state index in [4.69, 9.17) is 4.42 Å². The normalized spacial score (nSPS) is 9.09. The predicted octanol–water partition coefficient (Wildman–Crippen LogP) is -0.221. The molecule has 0 atom stereocenters. The van der Waals surface area contributed by atoms with Gasteiger partial charge in [0.25, 0.3) is 0 Å². The van der Waals surface area contributed by atoms with E-state index in [1.54, 1.807) is 0 Å². The molecule has 1 heterocycles. The summed E-state index contributed by atoms with van der Waals surface area (Å²) in [6, 6.07) is 1.98. The van der Waals surface area contributed by atoms with Crippen molar-refractivity contribution in [3.05, 3.63) is 23.2 Å². The highest BCUT2D eigenvalue weighted by Gasteiger charge is 2.11. The minimum absolute atomic E-state index is 0. The Morgan fingerprint density at radius 1 is 1.27 bits per heavy atom. The summed E-state index contributed by atoms with van der Waals surface area (Å²) in [5.41, 5.74) is 1.17. The predicted molar refractivity (Wildman–Crippen MR) is 44.6 cm³/mol. The van der Waals surface area contributed by atoms with Gasteiger partial charge in [-0.3, -0.25) is 0 Å². The highest BCUT2D eigenvalue weighted by atomic mass is 127. The summed E-state index contributed by atoms with van der Waals surface area (Å²) in [6.07, 6.45) is 0. The highest BCUT2D eigenvalue weighted by molar-refractivity contribution is 7.80. The van der Waals surface area contributed by atoms with E-state index >= 15 is 0 Å². The van der Waals surface area contributed by atoms with Crippen molar-refractivity contribution in [1.29, 1.82) is 0 Å². The minimum atomic E-state index is 0. The van der Waals surface area contributed by atoms with Crippen molar-refractivity contribution in [3.63, 3.8) is 0 Å². The lowest BCUT2D eigenvalue weighted by Crippen LogP contribution is -3.00. The maximum Gasteiger partial charge on any atom is 0.339 e. The number of thiol groups is 1. The van der Waals surface area contributed by atoms with Crippen molar-refractivity contribution in [2.24, 2.45) is 0 Å². The van der Waals surface area contributed by atoms with Gasteiger partial charge < -0.3 is 24.0 Å². The lowest BCUT2D eigenvalue weighted by molar-refractivity contribution is -0.00000308. The molecule has 0 aliphatic carbocycles. The average Bonchev–Trinajstić information content (AvgIpc) is 1.82.